The molecule has 1 fully saturated rings. The molecule has 1 aliphatic rings. The lowest BCUT2D eigenvalue weighted by molar-refractivity contribution is -0.140. The fourth-order valence-corrected chi connectivity index (χ4v) is 2.84. The average Bonchev–Trinajstić information content (AvgIpc) is 2.46. The van der Waals surface area contributed by atoms with Crippen molar-refractivity contribution in [2.45, 2.75) is 25.9 Å². The van der Waals surface area contributed by atoms with Crippen LogP contribution in [0.2, 0.25) is 0 Å². The second kappa shape index (κ2) is 7.09. The molecular weight excluding hydrogens is 322 g/mol. The Morgan fingerprint density at radius 3 is 3.10 bits per heavy atom. The summed E-state index contributed by atoms with van der Waals surface area (Å²) in [6.45, 7) is 3.29. The number of hydrogen-bond donors (Lipinski definition) is 1. The Labute approximate surface area is 127 Å². The second-order valence-corrected chi connectivity index (χ2v) is 6.11. The number of likely N-dealkylation sites (tertiary alicyclic amines) is 1. The number of aliphatic hydroxyl groups excluding tert-OH is 1. The first-order valence-electron chi connectivity index (χ1n) is 6.92. The van der Waals surface area contributed by atoms with Crippen molar-refractivity contribution in [1.29, 1.82) is 0 Å². The number of halogens is 1. The molecule has 1 aromatic carbocycles. The number of benzene rings is 1. The zero-order valence-corrected chi connectivity index (χ0v) is 13.2. The van der Waals surface area contributed by atoms with Crippen molar-refractivity contribution in [1.82, 2.24) is 4.90 Å². The SMILES string of the molecule is CC(Oc1cccc(Br)c1)C(=O)N1CCCC(CO)C1. The molecule has 1 aromatic rings. The summed E-state index contributed by atoms with van der Waals surface area (Å²) in [5.74, 6) is 0.866. The molecule has 0 radical (unpaired) electrons. The summed E-state index contributed by atoms with van der Waals surface area (Å²) < 4.78 is 6.62. The van der Waals surface area contributed by atoms with Crippen molar-refractivity contribution >= 4 is 21.8 Å². The first kappa shape index (κ1) is 15.3. The molecule has 1 saturated heterocycles. The summed E-state index contributed by atoms with van der Waals surface area (Å²) in [6.07, 6.45) is 1.42. The van der Waals surface area contributed by atoms with Gasteiger partial charge in [0.05, 0.1) is 0 Å². The van der Waals surface area contributed by atoms with Gasteiger partial charge in [0.15, 0.2) is 6.10 Å². The minimum absolute atomic E-state index is 0.0110. The highest BCUT2D eigenvalue weighted by Gasteiger charge is 2.27. The molecule has 0 aliphatic carbocycles. The van der Waals surface area contributed by atoms with Crippen LogP contribution >= 0.6 is 15.9 Å². The Morgan fingerprint density at radius 1 is 1.60 bits per heavy atom. The lowest BCUT2D eigenvalue weighted by Gasteiger charge is -2.33. The lowest BCUT2D eigenvalue weighted by atomic mass is 9.99. The van der Waals surface area contributed by atoms with E-state index in [1.807, 2.05) is 24.3 Å². The fraction of sp³-hybridized carbons (Fsp3) is 0.533. The number of hydrogen-bond acceptors (Lipinski definition) is 3. The van der Waals surface area contributed by atoms with E-state index in [2.05, 4.69) is 15.9 Å². The summed E-state index contributed by atoms with van der Waals surface area (Å²) in [7, 11) is 0. The summed E-state index contributed by atoms with van der Waals surface area (Å²) in [5.41, 5.74) is 0. The van der Waals surface area contributed by atoms with Crippen molar-refractivity contribution < 1.29 is 14.6 Å². The number of ether oxygens (including phenoxy) is 1. The van der Waals surface area contributed by atoms with Gasteiger partial charge in [-0.1, -0.05) is 22.0 Å². The maximum Gasteiger partial charge on any atom is 0.263 e. The van der Waals surface area contributed by atoms with Gasteiger partial charge >= 0.3 is 0 Å². The minimum Gasteiger partial charge on any atom is -0.481 e. The van der Waals surface area contributed by atoms with E-state index in [1.165, 1.54) is 0 Å². The van der Waals surface area contributed by atoms with Gasteiger partial charge in [-0.15, -0.1) is 0 Å². The molecule has 0 saturated carbocycles. The van der Waals surface area contributed by atoms with Crippen LogP contribution in [0.1, 0.15) is 19.8 Å². The van der Waals surface area contributed by atoms with E-state index in [-0.39, 0.29) is 18.4 Å². The third-order valence-corrected chi connectivity index (χ3v) is 4.04. The molecule has 20 heavy (non-hydrogen) atoms. The Bertz CT molecular complexity index is 466. The largest absolute Gasteiger partial charge is 0.481 e. The Hall–Kier alpha value is -1.07. The standard InChI is InChI=1S/C15H20BrNO3/c1-11(20-14-6-2-5-13(16)8-14)15(19)17-7-3-4-12(9-17)10-18/h2,5-6,8,11-12,18H,3-4,7,9-10H2,1H3. The molecule has 1 heterocycles. The van der Waals surface area contributed by atoms with Crippen LogP contribution in [-0.2, 0) is 4.79 Å². The molecular formula is C15H20BrNO3. The quantitative estimate of drug-likeness (QED) is 0.914. The molecule has 0 aromatic heterocycles. The number of piperidine rings is 1. The molecule has 1 amide bonds. The van der Waals surface area contributed by atoms with E-state index >= 15 is 0 Å². The van der Waals surface area contributed by atoms with Crippen molar-refractivity contribution in [2.24, 2.45) is 5.92 Å². The number of amides is 1. The highest BCUT2D eigenvalue weighted by atomic mass is 79.9. The summed E-state index contributed by atoms with van der Waals surface area (Å²) in [5, 5.41) is 9.22. The maximum absolute atomic E-state index is 12.4. The van der Waals surface area contributed by atoms with Crippen LogP contribution in [0.3, 0.4) is 0 Å². The average molecular weight is 342 g/mol. The summed E-state index contributed by atoms with van der Waals surface area (Å²) in [4.78, 5) is 14.2. The van der Waals surface area contributed by atoms with E-state index in [0.717, 1.165) is 23.9 Å². The van der Waals surface area contributed by atoms with Crippen molar-refractivity contribution in [3.63, 3.8) is 0 Å². The topological polar surface area (TPSA) is 49.8 Å². The smallest absolute Gasteiger partial charge is 0.263 e. The zero-order chi connectivity index (χ0) is 14.5. The molecule has 1 aliphatic heterocycles. The third kappa shape index (κ3) is 3.96. The van der Waals surface area contributed by atoms with Crippen molar-refractivity contribution in [3.05, 3.63) is 28.7 Å². The van der Waals surface area contributed by atoms with Crippen LogP contribution in [0, 0.1) is 5.92 Å². The molecule has 110 valence electrons. The third-order valence-electron chi connectivity index (χ3n) is 3.55. The van der Waals surface area contributed by atoms with E-state index in [4.69, 9.17) is 4.74 Å². The van der Waals surface area contributed by atoms with Gasteiger partial charge in [-0.25, -0.2) is 0 Å². The molecule has 2 rings (SSSR count). The van der Waals surface area contributed by atoms with Gasteiger partial charge < -0.3 is 14.7 Å². The predicted octanol–water partition coefficient (Wildman–Crippen LogP) is 2.45. The normalized spacial score (nSPS) is 20.6. The number of nitrogens with zero attached hydrogens (tertiary/aromatic N) is 1. The molecule has 0 spiro atoms. The lowest BCUT2D eigenvalue weighted by Crippen LogP contribution is -2.46. The second-order valence-electron chi connectivity index (χ2n) is 5.19. The van der Waals surface area contributed by atoms with Crippen LogP contribution in [0.25, 0.3) is 0 Å². The van der Waals surface area contributed by atoms with Crippen LogP contribution in [-0.4, -0.2) is 41.7 Å². The van der Waals surface area contributed by atoms with Crippen molar-refractivity contribution in [3.8, 4) is 5.75 Å². The monoisotopic (exact) mass is 341 g/mol. The first-order chi connectivity index (χ1) is 9.60. The maximum atomic E-state index is 12.4. The Morgan fingerprint density at radius 2 is 2.40 bits per heavy atom. The van der Waals surface area contributed by atoms with Gasteiger partial charge in [-0.2, -0.15) is 0 Å². The van der Waals surface area contributed by atoms with Crippen LogP contribution < -0.4 is 4.74 Å². The fourth-order valence-electron chi connectivity index (χ4n) is 2.47. The van der Waals surface area contributed by atoms with E-state index in [1.54, 1.807) is 11.8 Å². The van der Waals surface area contributed by atoms with Gasteiger partial charge in [0.25, 0.3) is 5.91 Å². The Balaban J connectivity index is 1.94. The van der Waals surface area contributed by atoms with Gasteiger partial charge in [-0.3, -0.25) is 4.79 Å². The van der Waals surface area contributed by atoms with Gasteiger partial charge in [0.2, 0.25) is 0 Å². The van der Waals surface area contributed by atoms with Crippen LogP contribution in [0.15, 0.2) is 28.7 Å². The van der Waals surface area contributed by atoms with Crippen LogP contribution in [0.4, 0.5) is 0 Å². The number of carbonyl (C=O) groups is 1. The molecule has 0 bridgehead atoms. The molecule has 1 N–H and O–H groups in total. The molecule has 5 heteroatoms. The summed E-state index contributed by atoms with van der Waals surface area (Å²) in [6, 6.07) is 7.47. The first-order valence-corrected chi connectivity index (χ1v) is 7.71. The predicted molar refractivity (Wildman–Crippen MR) is 80.6 cm³/mol. The van der Waals surface area contributed by atoms with Gasteiger partial charge in [0.1, 0.15) is 5.75 Å². The highest BCUT2D eigenvalue weighted by molar-refractivity contribution is 9.10. The van der Waals surface area contributed by atoms with E-state index in [0.29, 0.717) is 12.3 Å². The minimum atomic E-state index is -0.512. The Kier molecular flexibility index (Phi) is 5.43. The molecule has 4 nitrogen and oxygen atoms in total. The van der Waals surface area contributed by atoms with Crippen molar-refractivity contribution in [2.75, 3.05) is 19.7 Å². The van der Waals surface area contributed by atoms with E-state index < -0.39 is 6.10 Å². The van der Waals surface area contributed by atoms with Crippen LogP contribution in [0.5, 0.6) is 5.75 Å². The number of carbonyl (C=O) groups excluding carboxylic acids is 1. The molecule has 2 unspecified atom stereocenters. The van der Waals surface area contributed by atoms with Gasteiger partial charge in [0, 0.05) is 24.2 Å². The number of rotatable bonds is 4. The highest BCUT2D eigenvalue weighted by Crippen LogP contribution is 2.21. The summed E-state index contributed by atoms with van der Waals surface area (Å²) >= 11 is 3.38. The van der Waals surface area contributed by atoms with Gasteiger partial charge in [-0.05, 0) is 43.9 Å². The zero-order valence-electron chi connectivity index (χ0n) is 11.6. The number of aliphatic hydroxyl groups is 1. The molecule has 2 atom stereocenters. The van der Waals surface area contributed by atoms with E-state index in [9.17, 15) is 9.90 Å².